The highest BCUT2D eigenvalue weighted by molar-refractivity contribution is 5.93. The molecular formula is C16H19N3O3. The Morgan fingerprint density at radius 3 is 3.18 bits per heavy atom. The quantitative estimate of drug-likeness (QED) is 0.852. The molecule has 2 aromatic heterocycles. The minimum Gasteiger partial charge on any atom is -0.472 e. The van der Waals surface area contributed by atoms with Crippen molar-refractivity contribution < 1.29 is 13.9 Å². The molecule has 2 fully saturated rings. The fourth-order valence-electron chi connectivity index (χ4n) is 3.62. The molecular weight excluding hydrogens is 282 g/mol. The van der Waals surface area contributed by atoms with Crippen LogP contribution in [0.1, 0.15) is 35.7 Å². The maximum atomic E-state index is 12.5. The highest BCUT2D eigenvalue weighted by Crippen LogP contribution is 2.39. The lowest BCUT2D eigenvalue weighted by atomic mass is 9.88. The van der Waals surface area contributed by atoms with Crippen LogP contribution in [0.15, 0.2) is 41.7 Å². The second-order valence-electron chi connectivity index (χ2n) is 6.20. The molecule has 0 aliphatic carbocycles. The number of rotatable bonds is 2. The summed E-state index contributed by atoms with van der Waals surface area (Å²) in [5, 5.41) is 0. The van der Waals surface area contributed by atoms with E-state index in [2.05, 4.69) is 9.55 Å². The monoisotopic (exact) mass is 301 g/mol. The van der Waals surface area contributed by atoms with Crippen LogP contribution in [-0.2, 0) is 4.74 Å². The average Bonchev–Trinajstić information content (AvgIpc) is 3.28. The van der Waals surface area contributed by atoms with Crippen molar-refractivity contribution in [1.82, 2.24) is 14.5 Å². The smallest absolute Gasteiger partial charge is 0.257 e. The van der Waals surface area contributed by atoms with Crippen molar-refractivity contribution in [2.24, 2.45) is 0 Å². The maximum absolute atomic E-state index is 12.5. The van der Waals surface area contributed by atoms with Gasteiger partial charge in [-0.3, -0.25) is 4.79 Å². The largest absolute Gasteiger partial charge is 0.472 e. The number of ether oxygens (including phenoxy) is 1. The average molecular weight is 301 g/mol. The second kappa shape index (κ2) is 5.28. The molecule has 1 amide bonds. The van der Waals surface area contributed by atoms with Crippen LogP contribution in [0.25, 0.3) is 0 Å². The first-order valence-corrected chi connectivity index (χ1v) is 7.69. The summed E-state index contributed by atoms with van der Waals surface area (Å²) in [6, 6.07) is 2.03. The number of aromatic nitrogens is 2. The highest BCUT2D eigenvalue weighted by atomic mass is 16.5. The number of piperidine rings is 1. The van der Waals surface area contributed by atoms with E-state index in [1.165, 1.54) is 12.5 Å². The van der Waals surface area contributed by atoms with Gasteiger partial charge in [0.25, 0.3) is 5.91 Å². The first-order chi connectivity index (χ1) is 10.8. The van der Waals surface area contributed by atoms with E-state index < -0.39 is 0 Å². The molecule has 1 spiro atoms. The molecule has 116 valence electrons. The Hall–Kier alpha value is -2.08. The molecule has 0 unspecified atom stereocenters. The van der Waals surface area contributed by atoms with Crippen LogP contribution in [0.4, 0.5) is 0 Å². The van der Waals surface area contributed by atoms with Crippen LogP contribution >= 0.6 is 0 Å². The molecule has 0 aromatic carbocycles. The molecule has 2 saturated heterocycles. The Bertz CT molecular complexity index is 638. The third-order valence-electron chi connectivity index (χ3n) is 4.73. The molecule has 2 aromatic rings. The zero-order valence-electron chi connectivity index (χ0n) is 12.4. The van der Waals surface area contributed by atoms with Gasteiger partial charge in [-0.05, 0) is 18.9 Å². The van der Waals surface area contributed by atoms with Gasteiger partial charge in [-0.15, -0.1) is 0 Å². The number of amides is 1. The van der Waals surface area contributed by atoms with Crippen LogP contribution in [-0.4, -0.2) is 45.7 Å². The Morgan fingerprint density at radius 2 is 2.41 bits per heavy atom. The minimum atomic E-state index is -0.216. The van der Waals surface area contributed by atoms with Crippen molar-refractivity contribution in [3.05, 3.63) is 42.9 Å². The van der Waals surface area contributed by atoms with Crippen molar-refractivity contribution in [3.8, 4) is 0 Å². The highest BCUT2D eigenvalue weighted by Gasteiger charge is 2.45. The Balaban J connectivity index is 1.48. The molecule has 2 aliphatic rings. The third kappa shape index (κ3) is 2.33. The van der Waals surface area contributed by atoms with Gasteiger partial charge in [0.05, 0.1) is 42.9 Å². The number of carbonyl (C=O) groups is 1. The fraction of sp³-hybridized carbons (Fsp3) is 0.500. The summed E-state index contributed by atoms with van der Waals surface area (Å²) in [7, 11) is 0. The first kappa shape index (κ1) is 13.6. The second-order valence-corrected chi connectivity index (χ2v) is 6.20. The Kier molecular flexibility index (Phi) is 3.26. The van der Waals surface area contributed by atoms with E-state index in [1.54, 1.807) is 12.3 Å². The lowest BCUT2D eigenvalue weighted by Crippen LogP contribution is -2.50. The van der Waals surface area contributed by atoms with Gasteiger partial charge in [0.1, 0.15) is 6.26 Å². The summed E-state index contributed by atoms with van der Waals surface area (Å²) in [6.07, 6.45) is 11.6. The number of carbonyl (C=O) groups excluding carboxylic acids is 1. The normalized spacial score (nSPS) is 28.4. The number of imidazole rings is 1. The van der Waals surface area contributed by atoms with Crippen molar-refractivity contribution in [3.63, 3.8) is 0 Å². The molecule has 6 nitrogen and oxygen atoms in total. The molecule has 6 heteroatoms. The fourth-order valence-corrected chi connectivity index (χ4v) is 3.62. The molecule has 0 saturated carbocycles. The zero-order valence-corrected chi connectivity index (χ0v) is 12.4. The number of hydrogen-bond acceptors (Lipinski definition) is 4. The van der Waals surface area contributed by atoms with Gasteiger partial charge in [0.15, 0.2) is 0 Å². The van der Waals surface area contributed by atoms with E-state index in [1.807, 2.05) is 17.4 Å². The van der Waals surface area contributed by atoms with E-state index in [-0.39, 0.29) is 11.5 Å². The summed E-state index contributed by atoms with van der Waals surface area (Å²) >= 11 is 0. The lowest BCUT2D eigenvalue weighted by molar-refractivity contribution is -0.0449. The lowest BCUT2D eigenvalue weighted by Gasteiger charge is -2.39. The van der Waals surface area contributed by atoms with Gasteiger partial charge < -0.3 is 18.6 Å². The predicted molar refractivity (Wildman–Crippen MR) is 78.4 cm³/mol. The van der Waals surface area contributed by atoms with Crippen LogP contribution in [0.2, 0.25) is 0 Å². The summed E-state index contributed by atoms with van der Waals surface area (Å²) < 4.78 is 13.3. The summed E-state index contributed by atoms with van der Waals surface area (Å²) in [6.45, 7) is 2.12. The molecule has 0 radical (unpaired) electrons. The molecule has 4 rings (SSSR count). The number of hydrogen-bond donors (Lipinski definition) is 0. The van der Waals surface area contributed by atoms with Crippen molar-refractivity contribution in [2.45, 2.75) is 30.9 Å². The summed E-state index contributed by atoms with van der Waals surface area (Å²) in [4.78, 5) is 18.5. The van der Waals surface area contributed by atoms with E-state index in [0.717, 1.165) is 25.8 Å². The summed E-state index contributed by atoms with van der Waals surface area (Å²) in [5.41, 5.74) is 0.397. The van der Waals surface area contributed by atoms with Gasteiger partial charge in [-0.2, -0.15) is 0 Å². The van der Waals surface area contributed by atoms with Gasteiger partial charge in [-0.25, -0.2) is 4.98 Å². The van der Waals surface area contributed by atoms with Crippen LogP contribution in [0.5, 0.6) is 0 Å². The third-order valence-corrected chi connectivity index (χ3v) is 4.73. The topological polar surface area (TPSA) is 60.5 Å². The zero-order chi connectivity index (χ0) is 15.0. The van der Waals surface area contributed by atoms with Crippen molar-refractivity contribution in [2.75, 3.05) is 19.7 Å². The van der Waals surface area contributed by atoms with Crippen LogP contribution in [0.3, 0.4) is 0 Å². The van der Waals surface area contributed by atoms with Crippen LogP contribution in [0, 0.1) is 0 Å². The predicted octanol–water partition coefficient (Wildman–Crippen LogP) is 2.11. The number of furan rings is 1. The van der Waals surface area contributed by atoms with Gasteiger partial charge >= 0.3 is 0 Å². The van der Waals surface area contributed by atoms with E-state index >= 15 is 0 Å². The van der Waals surface area contributed by atoms with Gasteiger partial charge in [0, 0.05) is 25.4 Å². The maximum Gasteiger partial charge on any atom is 0.257 e. The van der Waals surface area contributed by atoms with Crippen molar-refractivity contribution >= 4 is 5.91 Å². The number of nitrogens with zero attached hydrogens (tertiary/aromatic N) is 3. The standard InChI is InChI=1S/C16H19N3O3/c20-15(13-2-7-21-9-13)18-5-1-3-16(11-18)8-14(10-22-16)19-6-4-17-12-19/h2,4,6-7,9,12,14H,1,3,5,8,10-11H2/t14-,16+/m1/s1. The van der Waals surface area contributed by atoms with E-state index in [9.17, 15) is 4.79 Å². The molecule has 2 atom stereocenters. The van der Waals surface area contributed by atoms with E-state index in [4.69, 9.17) is 9.15 Å². The SMILES string of the molecule is O=C(c1ccoc1)N1CCC[C@]2(C[C@@H](n3ccnc3)CO2)C1. The molecule has 0 N–H and O–H groups in total. The molecule has 4 heterocycles. The van der Waals surface area contributed by atoms with Crippen molar-refractivity contribution in [1.29, 1.82) is 0 Å². The van der Waals surface area contributed by atoms with Gasteiger partial charge in [-0.1, -0.05) is 0 Å². The molecule has 0 bridgehead atoms. The van der Waals surface area contributed by atoms with Gasteiger partial charge in [0.2, 0.25) is 0 Å². The Morgan fingerprint density at radius 1 is 1.45 bits per heavy atom. The summed E-state index contributed by atoms with van der Waals surface area (Å²) in [5.74, 6) is 0.0301. The van der Waals surface area contributed by atoms with E-state index in [0.29, 0.717) is 24.8 Å². The minimum absolute atomic E-state index is 0.0301. The molecule has 2 aliphatic heterocycles. The first-order valence-electron chi connectivity index (χ1n) is 7.69. The number of likely N-dealkylation sites (tertiary alicyclic amines) is 1. The molecule has 22 heavy (non-hydrogen) atoms. The van der Waals surface area contributed by atoms with Crippen LogP contribution < -0.4 is 0 Å². The Labute approximate surface area is 128 Å².